The number of nitrogens with one attached hydrogen (secondary N) is 3. The smallest absolute Gasteiger partial charge is 0.245 e. The van der Waals surface area contributed by atoms with Gasteiger partial charge in [0.1, 0.15) is 11.6 Å². The molecule has 0 radical (unpaired) electrons. The quantitative estimate of drug-likeness (QED) is 0.360. The van der Waals surface area contributed by atoms with Crippen molar-refractivity contribution in [1.82, 2.24) is 15.5 Å². The molecular weight excluding hydrogens is 530 g/mol. The number of aliphatic hydroxyl groups excluding tert-OH is 1. The summed E-state index contributed by atoms with van der Waals surface area (Å²) in [5.74, 6) is -0.592. The number of sulfonamides is 1. The molecule has 12 heteroatoms. The number of hydrogen-bond donors (Lipinski definition) is 4. The van der Waals surface area contributed by atoms with Gasteiger partial charge in [-0.3, -0.25) is 14.3 Å². The fourth-order valence-corrected chi connectivity index (χ4v) is 5.68. The van der Waals surface area contributed by atoms with Gasteiger partial charge in [-0.05, 0) is 49.2 Å². The zero-order valence-electron chi connectivity index (χ0n) is 21.3. The molecule has 0 saturated carbocycles. The van der Waals surface area contributed by atoms with E-state index in [-0.39, 0.29) is 24.8 Å². The monoisotopic (exact) mass is 563 g/mol. The van der Waals surface area contributed by atoms with Gasteiger partial charge in [0.25, 0.3) is 0 Å². The molecule has 4 N–H and O–H groups in total. The van der Waals surface area contributed by atoms with Crippen LogP contribution >= 0.6 is 11.6 Å². The van der Waals surface area contributed by atoms with Gasteiger partial charge in [-0.1, -0.05) is 35.9 Å². The Balaban J connectivity index is 1.48. The minimum atomic E-state index is -3.44. The molecule has 4 rings (SSSR count). The first-order chi connectivity index (χ1) is 18.1. The SMILES string of the molecule is CS(=O)(=O)Nc1ccccc1N1CCN(C(=O)[C@@H](Cc2ccc(Cl)cc2)NC(=O)[C@]2(CO)CCCN2)CC1. The Bertz CT molecular complexity index is 1240. The molecule has 2 aliphatic heterocycles. The lowest BCUT2D eigenvalue weighted by molar-refractivity contribution is -0.139. The van der Waals surface area contributed by atoms with Crippen molar-refractivity contribution in [2.24, 2.45) is 0 Å². The number of aliphatic hydroxyl groups is 1. The number of hydrogen-bond acceptors (Lipinski definition) is 7. The van der Waals surface area contributed by atoms with E-state index in [0.717, 1.165) is 23.9 Å². The van der Waals surface area contributed by atoms with Gasteiger partial charge >= 0.3 is 0 Å². The molecule has 2 atom stereocenters. The predicted octanol–water partition coefficient (Wildman–Crippen LogP) is 1.20. The lowest BCUT2D eigenvalue weighted by atomic mass is 9.96. The first-order valence-electron chi connectivity index (χ1n) is 12.6. The van der Waals surface area contributed by atoms with E-state index in [1.54, 1.807) is 29.2 Å². The standard InChI is InChI=1S/C26H34ClN5O5S/c1-38(36,37)30-21-5-2-3-6-23(21)31-13-15-32(16-14-31)24(34)22(17-19-7-9-20(27)10-8-19)29-25(35)26(18-33)11-4-12-28-26/h2-3,5-10,22,28,30,33H,4,11-18H2,1H3,(H,29,35)/t22-,26-/m1/s1. The molecular formula is C26H34ClN5O5S. The minimum Gasteiger partial charge on any atom is -0.394 e. The van der Waals surface area contributed by atoms with E-state index in [0.29, 0.717) is 49.9 Å². The fourth-order valence-electron chi connectivity index (χ4n) is 4.98. The second-order valence-electron chi connectivity index (χ2n) is 9.83. The van der Waals surface area contributed by atoms with E-state index >= 15 is 0 Å². The molecule has 0 unspecified atom stereocenters. The van der Waals surface area contributed by atoms with Crippen molar-refractivity contribution in [3.8, 4) is 0 Å². The number of amides is 2. The van der Waals surface area contributed by atoms with Crippen molar-refractivity contribution in [2.75, 3.05) is 55.2 Å². The average Bonchev–Trinajstić information content (AvgIpc) is 3.39. The van der Waals surface area contributed by atoms with E-state index in [1.807, 2.05) is 29.2 Å². The van der Waals surface area contributed by atoms with Crippen LogP contribution in [0.25, 0.3) is 0 Å². The Hall–Kier alpha value is -2.86. The van der Waals surface area contributed by atoms with Crippen LogP contribution in [0.15, 0.2) is 48.5 Å². The number of para-hydroxylation sites is 2. The van der Waals surface area contributed by atoms with Crippen LogP contribution in [-0.4, -0.2) is 87.4 Å². The van der Waals surface area contributed by atoms with Crippen molar-refractivity contribution in [2.45, 2.75) is 30.8 Å². The summed E-state index contributed by atoms with van der Waals surface area (Å²) in [4.78, 5) is 30.7. The molecule has 2 aromatic rings. The van der Waals surface area contributed by atoms with Crippen LogP contribution in [0.1, 0.15) is 18.4 Å². The third-order valence-electron chi connectivity index (χ3n) is 7.04. The van der Waals surface area contributed by atoms with Gasteiger partial charge in [-0.2, -0.15) is 0 Å². The topological polar surface area (TPSA) is 131 Å². The van der Waals surface area contributed by atoms with Crippen molar-refractivity contribution in [3.63, 3.8) is 0 Å². The Morgan fingerprint density at radius 3 is 2.39 bits per heavy atom. The number of piperazine rings is 1. The maximum absolute atomic E-state index is 13.7. The van der Waals surface area contributed by atoms with Crippen LogP contribution in [0.5, 0.6) is 0 Å². The molecule has 2 fully saturated rings. The maximum Gasteiger partial charge on any atom is 0.245 e. The molecule has 206 valence electrons. The molecule has 0 aliphatic carbocycles. The highest BCUT2D eigenvalue weighted by Crippen LogP contribution is 2.28. The third-order valence-corrected chi connectivity index (χ3v) is 7.88. The zero-order valence-corrected chi connectivity index (χ0v) is 22.9. The third kappa shape index (κ3) is 6.76. The number of rotatable bonds is 9. The van der Waals surface area contributed by atoms with E-state index in [9.17, 15) is 23.1 Å². The molecule has 2 heterocycles. The summed E-state index contributed by atoms with van der Waals surface area (Å²) < 4.78 is 26.2. The normalized spacial score (nSPS) is 20.7. The van der Waals surface area contributed by atoms with Crippen LogP contribution in [0.2, 0.25) is 5.02 Å². The highest BCUT2D eigenvalue weighted by atomic mass is 35.5. The summed E-state index contributed by atoms with van der Waals surface area (Å²) in [6, 6.07) is 13.5. The summed E-state index contributed by atoms with van der Waals surface area (Å²) >= 11 is 6.03. The number of halogens is 1. The second-order valence-corrected chi connectivity index (χ2v) is 12.0. The number of carbonyl (C=O) groups is 2. The summed E-state index contributed by atoms with van der Waals surface area (Å²) in [5, 5.41) is 16.5. The molecule has 2 amide bonds. The van der Waals surface area contributed by atoms with Crippen LogP contribution in [0, 0.1) is 0 Å². The van der Waals surface area contributed by atoms with E-state index in [2.05, 4.69) is 15.4 Å². The molecule has 2 saturated heterocycles. The van der Waals surface area contributed by atoms with Gasteiger partial charge in [0.05, 0.1) is 24.2 Å². The Labute approximate surface area is 228 Å². The highest BCUT2D eigenvalue weighted by Gasteiger charge is 2.42. The van der Waals surface area contributed by atoms with Crippen LogP contribution < -0.4 is 20.3 Å². The van der Waals surface area contributed by atoms with Crippen LogP contribution in [-0.2, 0) is 26.0 Å². The van der Waals surface area contributed by atoms with Crippen LogP contribution in [0.3, 0.4) is 0 Å². The Morgan fingerprint density at radius 2 is 1.79 bits per heavy atom. The number of anilines is 2. The molecule has 38 heavy (non-hydrogen) atoms. The predicted molar refractivity (Wildman–Crippen MR) is 148 cm³/mol. The molecule has 0 spiro atoms. The van der Waals surface area contributed by atoms with Gasteiger partial charge in [0, 0.05) is 37.6 Å². The zero-order chi connectivity index (χ0) is 27.3. The molecule has 2 aliphatic rings. The van der Waals surface area contributed by atoms with Crippen molar-refractivity contribution < 1.29 is 23.1 Å². The van der Waals surface area contributed by atoms with E-state index in [1.165, 1.54) is 0 Å². The number of carbonyl (C=O) groups excluding carboxylic acids is 2. The second kappa shape index (κ2) is 11.9. The van der Waals surface area contributed by atoms with Crippen molar-refractivity contribution in [3.05, 3.63) is 59.1 Å². The van der Waals surface area contributed by atoms with Gasteiger partial charge in [0.15, 0.2) is 0 Å². The van der Waals surface area contributed by atoms with Gasteiger partial charge in [-0.25, -0.2) is 8.42 Å². The molecule has 10 nitrogen and oxygen atoms in total. The largest absolute Gasteiger partial charge is 0.394 e. The first-order valence-corrected chi connectivity index (χ1v) is 14.9. The highest BCUT2D eigenvalue weighted by molar-refractivity contribution is 7.92. The van der Waals surface area contributed by atoms with Gasteiger partial charge in [0.2, 0.25) is 21.8 Å². The average molecular weight is 564 g/mol. The summed E-state index contributed by atoms with van der Waals surface area (Å²) in [7, 11) is -3.44. The van der Waals surface area contributed by atoms with Gasteiger partial charge in [-0.15, -0.1) is 0 Å². The van der Waals surface area contributed by atoms with Crippen molar-refractivity contribution in [1.29, 1.82) is 0 Å². The van der Waals surface area contributed by atoms with E-state index < -0.39 is 21.6 Å². The number of nitrogens with zero attached hydrogens (tertiary/aromatic N) is 2. The summed E-state index contributed by atoms with van der Waals surface area (Å²) in [6.07, 6.45) is 2.65. The molecule has 0 bridgehead atoms. The Morgan fingerprint density at radius 1 is 1.11 bits per heavy atom. The minimum absolute atomic E-state index is 0.207. The Kier molecular flexibility index (Phi) is 8.81. The molecule has 2 aromatic carbocycles. The lowest BCUT2D eigenvalue weighted by Crippen LogP contribution is -2.62. The van der Waals surface area contributed by atoms with E-state index in [4.69, 9.17) is 11.6 Å². The van der Waals surface area contributed by atoms with Gasteiger partial charge < -0.3 is 25.5 Å². The first kappa shape index (κ1) is 28.2. The fraction of sp³-hybridized carbons (Fsp3) is 0.462. The summed E-state index contributed by atoms with van der Waals surface area (Å²) in [6.45, 7) is 2.09. The number of benzene rings is 2. The lowest BCUT2D eigenvalue weighted by Gasteiger charge is -2.38. The maximum atomic E-state index is 13.7. The van der Waals surface area contributed by atoms with Crippen molar-refractivity contribution >= 4 is 44.8 Å². The summed E-state index contributed by atoms with van der Waals surface area (Å²) in [5.41, 5.74) is 0.993. The van der Waals surface area contributed by atoms with Crippen LogP contribution in [0.4, 0.5) is 11.4 Å². The molecule has 0 aromatic heterocycles.